The topological polar surface area (TPSA) is 74.7 Å². The van der Waals surface area contributed by atoms with Crippen molar-refractivity contribution in [3.63, 3.8) is 0 Å². The van der Waals surface area contributed by atoms with Crippen LogP contribution in [0.1, 0.15) is 41.4 Å². The number of nitrogens with zero attached hydrogens (tertiary/aromatic N) is 1. The smallest absolute Gasteiger partial charge is 0.337 e. The van der Waals surface area contributed by atoms with Crippen LogP contribution in [0.15, 0.2) is 11.4 Å². The molecule has 1 aliphatic carbocycles. The summed E-state index contributed by atoms with van der Waals surface area (Å²) in [7, 11) is 0. The number of carbonyl (C=O) groups is 1. The highest BCUT2D eigenvalue weighted by molar-refractivity contribution is 6.09. The molecule has 1 aromatic heterocycles. The lowest BCUT2D eigenvalue weighted by Crippen LogP contribution is -2.14. The van der Waals surface area contributed by atoms with Gasteiger partial charge >= 0.3 is 5.97 Å². The van der Waals surface area contributed by atoms with E-state index in [0.717, 1.165) is 30.7 Å². The first-order valence-corrected chi connectivity index (χ1v) is 5.36. The van der Waals surface area contributed by atoms with Gasteiger partial charge in [-0.1, -0.05) is 5.16 Å². The highest BCUT2D eigenvalue weighted by Gasteiger charge is 2.24. The Labute approximate surface area is 93.1 Å². The number of carboxylic acid groups (broad SMARTS) is 1. The molecule has 0 saturated carbocycles. The average Bonchev–Trinajstić information content (AvgIpc) is 2.70. The van der Waals surface area contributed by atoms with E-state index < -0.39 is 5.97 Å². The van der Waals surface area contributed by atoms with Crippen LogP contribution in [-0.2, 0) is 11.3 Å². The quantitative estimate of drug-likeness (QED) is 0.765. The summed E-state index contributed by atoms with van der Waals surface area (Å²) < 4.78 is 0. The molecule has 1 aromatic rings. The molecule has 2 rings (SSSR count). The van der Waals surface area contributed by atoms with Gasteiger partial charge in [-0.2, -0.15) is 0 Å². The molecule has 0 atom stereocenters. The minimum Gasteiger partial charge on any atom is -0.478 e. The van der Waals surface area contributed by atoms with E-state index in [-0.39, 0.29) is 5.56 Å². The fourth-order valence-corrected chi connectivity index (χ4v) is 1.95. The number of H-pyrrole nitrogens is 1. The Morgan fingerprint density at radius 3 is 3.12 bits per heavy atom. The number of nitrogens with one attached hydrogen (secondary N) is 1. The number of rotatable bonds is 3. The number of aromatic carboxylic acids is 1. The lowest BCUT2D eigenvalue weighted by Gasteiger charge is -2.14. The Balaban J connectivity index is 2.42. The number of aromatic nitrogens is 1. The Bertz CT molecular complexity index is 434. The normalized spacial score (nSPS) is 17.2. The van der Waals surface area contributed by atoms with Crippen LogP contribution >= 0.6 is 0 Å². The van der Waals surface area contributed by atoms with Gasteiger partial charge in [0.05, 0.1) is 11.3 Å². The summed E-state index contributed by atoms with van der Waals surface area (Å²) in [5.41, 5.74) is 2.68. The van der Waals surface area contributed by atoms with Gasteiger partial charge in [-0.15, -0.1) is 0 Å². The van der Waals surface area contributed by atoms with E-state index in [2.05, 4.69) is 10.1 Å². The molecule has 0 aliphatic heterocycles. The molecule has 0 amide bonds. The van der Waals surface area contributed by atoms with Crippen molar-refractivity contribution < 1.29 is 14.7 Å². The van der Waals surface area contributed by atoms with E-state index >= 15 is 0 Å². The van der Waals surface area contributed by atoms with Crippen LogP contribution in [0.25, 0.3) is 0 Å². The van der Waals surface area contributed by atoms with E-state index in [0.29, 0.717) is 12.2 Å². The van der Waals surface area contributed by atoms with Crippen LogP contribution in [0.5, 0.6) is 0 Å². The molecular formula is C11H14N2O3. The van der Waals surface area contributed by atoms with E-state index in [9.17, 15) is 4.79 Å². The van der Waals surface area contributed by atoms with Gasteiger partial charge < -0.3 is 14.9 Å². The molecule has 0 fully saturated rings. The van der Waals surface area contributed by atoms with E-state index in [1.165, 1.54) is 6.20 Å². The predicted molar refractivity (Wildman–Crippen MR) is 58.9 cm³/mol. The minimum atomic E-state index is -0.927. The molecule has 5 heteroatoms. The maximum atomic E-state index is 11.0. The van der Waals surface area contributed by atoms with Crippen molar-refractivity contribution in [2.24, 2.45) is 5.16 Å². The summed E-state index contributed by atoms with van der Waals surface area (Å²) in [5, 5.41) is 13.0. The van der Waals surface area contributed by atoms with Crippen LogP contribution in [0.3, 0.4) is 0 Å². The van der Waals surface area contributed by atoms with Gasteiger partial charge in [0.25, 0.3) is 0 Å². The van der Waals surface area contributed by atoms with E-state index in [1.807, 2.05) is 6.92 Å². The first kappa shape index (κ1) is 10.7. The van der Waals surface area contributed by atoms with Gasteiger partial charge in [-0.3, -0.25) is 0 Å². The summed E-state index contributed by atoms with van der Waals surface area (Å²) in [6.45, 7) is 2.34. The summed E-state index contributed by atoms with van der Waals surface area (Å²) in [4.78, 5) is 19.0. The van der Waals surface area contributed by atoms with E-state index in [4.69, 9.17) is 9.94 Å². The lowest BCUT2D eigenvalue weighted by molar-refractivity contribution is 0.0696. The minimum absolute atomic E-state index is 0.285. The van der Waals surface area contributed by atoms with Crippen molar-refractivity contribution in [1.29, 1.82) is 0 Å². The van der Waals surface area contributed by atoms with Crippen LogP contribution in [0.2, 0.25) is 0 Å². The number of fused-ring (bicyclic) bond motifs is 1. The second-order valence-electron chi connectivity index (χ2n) is 3.67. The lowest BCUT2D eigenvalue weighted by atomic mass is 9.93. The number of oxime groups is 1. The maximum absolute atomic E-state index is 11.0. The molecule has 0 spiro atoms. The number of carboxylic acids is 1. The SMILES string of the molecule is CCON=C1CCCc2[nH]cc(C(=O)O)c21. The zero-order chi connectivity index (χ0) is 11.5. The van der Waals surface area contributed by atoms with Crippen molar-refractivity contribution in [2.75, 3.05) is 6.61 Å². The number of hydrogen-bond donors (Lipinski definition) is 2. The molecule has 86 valence electrons. The summed E-state index contributed by atoms with van der Waals surface area (Å²) in [5.74, 6) is -0.927. The molecule has 5 nitrogen and oxygen atoms in total. The van der Waals surface area contributed by atoms with Gasteiger partial charge in [0.2, 0.25) is 0 Å². The van der Waals surface area contributed by atoms with Crippen LogP contribution in [0, 0.1) is 0 Å². The fraction of sp³-hybridized carbons (Fsp3) is 0.455. The Hall–Kier alpha value is -1.78. The highest BCUT2D eigenvalue weighted by Crippen LogP contribution is 2.24. The van der Waals surface area contributed by atoms with Gasteiger partial charge in [0, 0.05) is 17.5 Å². The molecule has 1 heterocycles. The second-order valence-corrected chi connectivity index (χ2v) is 3.67. The van der Waals surface area contributed by atoms with Crippen LogP contribution < -0.4 is 0 Å². The summed E-state index contributed by atoms with van der Waals surface area (Å²) >= 11 is 0. The van der Waals surface area contributed by atoms with Crippen molar-refractivity contribution in [2.45, 2.75) is 26.2 Å². The molecule has 0 bridgehead atoms. The monoisotopic (exact) mass is 222 g/mol. The molecular weight excluding hydrogens is 208 g/mol. The van der Waals surface area contributed by atoms with Crippen molar-refractivity contribution in [1.82, 2.24) is 4.98 Å². The Morgan fingerprint density at radius 2 is 2.44 bits per heavy atom. The molecule has 0 saturated heterocycles. The first-order chi connectivity index (χ1) is 7.74. The van der Waals surface area contributed by atoms with E-state index in [1.54, 1.807) is 0 Å². The largest absolute Gasteiger partial charge is 0.478 e. The van der Waals surface area contributed by atoms with Gasteiger partial charge in [-0.05, 0) is 26.2 Å². The van der Waals surface area contributed by atoms with Gasteiger partial charge in [-0.25, -0.2) is 4.79 Å². The van der Waals surface area contributed by atoms with Gasteiger partial charge in [0.15, 0.2) is 0 Å². The highest BCUT2D eigenvalue weighted by atomic mass is 16.6. The molecule has 0 unspecified atom stereocenters. The molecule has 2 N–H and O–H groups in total. The molecule has 0 radical (unpaired) electrons. The molecule has 1 aliphatic rings. The van der Waals surface area contributed by atoms with Crippen LogP contribution in [0.4, 0.5) is 0 Å². The fourth-order valence-electron chi connectivity index (χ4n) is 1.95. The first-order valence-electron chi connectivity index (χ1n) is 5.36. The van der Waals surface area contributed by atoms with Crippen molar-refractivity contribution in [3.05, 3.63) is 23.0 Å². The molecule has 0 aromatic carbocycles. The maximum Gasteiger partial charge on any atom is 0.337 e. The number of aromatic amines is 1. The standard InChI is InChI=1S/C11H14N2O3/c1-2-16-13-9-5-3-4-8-10(9)7(6-12-8)11(14)15/h6,12H,2-5H2,1H3,(H,14,15). The summed E-state index contributed by atoms with van der Waals surface area (Å²) in [6.07, 6.45) is 4.14. The molecule has 16 heavy (non-hydrogen) atoms. The number of hydrogen-bond acceptors (Lipinski definition) is 3. The zero-order valence-electron chi connectivity index (χ0n) is 9.12. The number of aryl methyl sites for hydroxylation is 1. The second kappa shape index (κ2) is 4.38. The van der Waals surface area contributed by atoms with Crippen molar-refractivity contribution in [3.8, 4) is 0 Å². The Kier molecular flexibility index (Phi) is 2.94. The Morgan fingerprint density at radius 1 is 1.62 bits per heavy atom. The van der Waals surface area contributed by atoms with Crippen LogP contribution in [-0.4, -0.2) is 28.4 Å². The summed E-state index contributed by atoms with van der Waals surface area (Å²) in [6, 6.07) is 0. The third-order valence-corrected chi connectivity index (χ3v) is 2.63. The zero-order valence-corrected chi connectivity index (χ0v) is 9.12. The predicted octanol–water partition coefficient (Wildman–Crippen LogP) is 1.79. The average molecular weight is 222 g/mol. The van der Waals surface area contributed by atoms with Crippen molar-refractivity contribution >= 4 is 11.7 Å². The third kappa shape index (κ3) is 1.80. The third-order valence-electron chi connectivity index (χ3n) is 2.63. The van der Waals surface area contributed by atoms with Gasteiger partial charge in [0.1, 0.15) is 6.61 Å².